The summed E-state index contributed by atoms with van der Waals surface area (Å²) in [6.45, 7) is 10.9. The van der Waals surface area contributed by atoms with Crippen molar-refractivity contribution in [3.8, 4) is 0 Å². The second-order valence-electron chi connectivity index (χ2n) is 7.62. The minimum atomic E-state index is -0.526. The number of rotatable bonds is 3. The first-order valence-corrected chi connectivity index (χ1v) is 7.69. The van der Waals surface area contributed by atoms with E-state index in [-0.39, 0.29) is 12.1 Å². The van der Waals surface area contributed by atoms with E-state index in [9.17, 15) is 9.59 Å². The van der Waals surface area contributed by atoms with Gasteiger partial charge in [0.2, 0.25) is 0 Å². The number of hydrogen-bond donors (Lipinski definition) is 3. The molecule has 0 aromatic rings. The first-order valence-electron chi connectivity index (χ1n) is 7.69. The molecule has 1 saturated carbocycles. The third-order valence-electron chi connectivity index (χ3n) is 2.93. The number of carbonyl (C=O) groups is 2. The molecule has 22 heavy (non-hydrogen) atoms. The molecule has 2 amide bonds. The van der Waals surface area contributed by atoms with Crippen LogP contribution in [0.2, 0.25) is 0 Å². The first kappa shape index (κ1) is 18.5. The molecule has 2 unspecified atom stereocenters. The van der Waals surface area contributed by atoms with Crippen molar-refractivity contribution in [2.45, 2.75) is 84.1 Å². The lowest BCUT2D eigenvalue weighted by Gasteiger charge is -2.22. The van der Waals surface area contributed by atoms with Crippen molar-refractivity contribution in [1.82, 2.24) is 16.2 Å². The van der Waals surface area contributed by atoms with Gasteiger partial charge in [0.15, 0.2) is 0 Å². The van der Waals surface area contributed by atoms with E-state index in [4.69, 9.17) is 9.47 Å². The van der Waals surface area contributed by atoms with Gasteiger partial charge in [-0.05, 0) is 60.8 Å². The Bertz CT molecular complexity index is 399. The van der Waals surface area contributed by atoms with Crippen LogP contribution >= 0.6 is 0 Å². The topological polar surface area (TPSA) is 88.7 Å². The highest BCUT2D eigenvalue weighted by atomic mass is 16.6. The second kappa shape index (κ2) is 7.17. The predicted molar refractivity (Wildman–Crippen MR) is 83.3 cm³/mol. The first-order chi connectivity index (χ1) is 9.94. The minimum absolute atomic E-state index is 0.0489. The van der Waals surface area contributed by atoms with E-state index in [2.05, 4.69) is 16.2 Å². The van der Waals surface area contributed by atoms with Gasteiger partial charge < -0.3 is 14.8 Å². The fraction of sp³-hybridized carbons (Fsp3) is 0.867. The maximum atomic E-state index is 11.7. The van der Waals surface area contributed by atoms with Gasteiger partial charge in [0, 0.05) is 12.1 Å². The van der Waals surface area contributed by atoms with Crippen LogP contribution < -0.4 is 16.2 Å². The van der Waals surface area contributed by atoms with Crippen molar-refractivity contribution < 1.29 is 19.1 Å². The smallest absolute Gasteiger partial charge is 0.422 e. The van der Waals surface area contributed by atoms with Gasteiger partial charge >= 0.3 is 12.2 Å². The summed E-state index contributed by atoms with van der Waals surface area (Å²) in [6, 6.07) is 0.153. The molecule has 0 bridgehead atoms. The summed E-state index contributed by atoms with van der Waals surface area (Å²) >= 11 is 0. The van der Waals surface area contributed by atoms with Gasteiger partial charge in [-0.1, -0.05) is 0 Å². The third-order valence-corrected chi connectivity index (χ3v) is 2.93. The number of hydrogen-bond acceptors (Lipinski definition) is 5. The summed E-state index contributed by atoms with van der Waals surface area (Å²) in [5.74, 6) is 0. The molecule has 1 fully saturated rings. The highest BCUT2D eigenvalue weighted by Gasteiger charge is 2.28. The van der Waals surface area contributed by atoms with Crippen LogP contribution in [0.15, 0.2) is 0 Å². The van der Waals surface area contributed by atoms with Crippen molar-refractivity contribution in [3.63, 3.8) is 0 Å². The highest BCUT2D eigenvalue weighted by molar-refractivity contribution is 5.68. The zero-order valence-corrected chi connectivity index (χ0v) is 14.4. The molecule has 0 aromatic carbocycles. The van der Waals surface area contributed by atoms with Crippen molar-refractivity contribution >= 4 is 12.2 Å². The summed E-state index contributed by atoms with van der Waals surface area (Å²) in [6.07, 6.45) is 1.52. The normalized spacial score (nSPS) is 22.1. The number of nitrogens with one attached hydrogen (secondary N) is 3. The van der Waals surface area contributed by atoms with E-state index in [1.165, 1.54) is 0 Å². The zero-order chi connectivity index (χ0) is 17.0. The van der Waals surface area contributed by atoms with E-state index in [0.29, 0.717) is 0 Å². The Hall–Kier alpha value is -1.50. The summed E-state index contributed by atoms with van der Waals surface area (Å²) in [7, 11) is 0. The maximum Gasteiger partial charge on any atom is 0.422 e. The number of amides is 2. The van der Waals surface area contributed by atoms with E-state index in [1.54, 1.807) is 0 Å². The molecule has 1 aliphatic rings. The lowest BCUT2D eigenvalue weighted by Crippen LogP contribution is -2.46. The Morgan fingerprint density at radius 3 is 1.91 bits per heavy atom. The Labute approximate surface area is 132 Å². The molecule has 7 heteroatoms. The molecule has 0 radical (unpaired) electrons. The second-order valence-corrected chi connectivity index (χ2v) is 7.62. The maximum absolute atomic E-state index is 11.7. The fourth-order valence-corrected chi connectivity index (χ4v) is 2.18. The van der Waals surface area contributed by atoms with Gasteiger partial charge in [0.1, 0.15) is 11.2 Å². The number of carbonyl (C=O) groups excluding carboxylic acids is 2. The molecule has 1 aliphatic carbocycles. The zero-order valence-electron chi connectivity index (χ0n) is 14.4. The van der Waals surface area contributed by atoms with Crippen LogP contribution in [-0.4, -0.2) is 35.5 Å². The number of ether oxygens (including phenoxy) is 2. The van der Waals surface area contributed by atoms with Crippen molar-refractivity contribution in [1.29, 1.82) is 0 Å². The van der Waals surface area contributed by atoms with Gasteiger partial charge in [-0.3, -0.25) is 5.43 Å². The van der Waals surface area contributed by atoms with E-state index in [0.717, 1.165) is 19.3 Å². The highest BCUT2D eigenvalue weighted by Crippen LogP contribution is 2.19. The fourth-order valence-electron chi connectivity index (χ4n) is 2.18. The number of hydrazine groups is 1. The molecule has 2 atom stereocenters. The van der Waals surface area contributed by atoms with Crippen LogP contribution in [0, 0.1) is 0 Å². The summed E-state index contributed by atoms with van der Waals surface area (Å²) in [5.41, 5.74) is 4.45. The van der Waals surface area contributed by atoms with Gasteiger partial charge in [0.25, 0.3) is 0 Å². The molecular weight excluding hydrogens is 286 g/mol. The van der Waals surface area contributed by atoms with Gasteiger partial charge in [0.05, 0.1) is 0 Å². The molecule has 0 aromatic heterocycles. The van der Waals surface area contributed by atoms with Gasteiger partial charge in [-0.15, -0.1) is 0 Å². The Morgan fingerprint density at radius 1 is 0.864 bits per heavy atom. The van der Waals surface area contributed by atoms with Crippen molar-refractivity contribution in [2.24, 2.45) is 0 Å². The minimum Gasteiger partial charge on any atom is -0.444 e. The average molecular weight is 315 g/mol. The standard InChI is InChI=1S/C15H29N3O4/c1-14(2,3)21-12(19)16-10-7-8-11(9-10)17-18-13(20)22-15(4,5)6/h10-11,17H,7-9H2,1-6H3,(H,16,19)(H,18,20). The molecule has 0 spiro atoms. The molecule has 3 N–H and O–H groups in total. The van der Waals surface area contributed by atoms with Crippen LogP contribution in [0.3, 0.4) is 0 Å². The van der Waals surface area contributed by atoms with E-state index >= 15 is 0 Å². The van der Waals surface area contributed by atoms with Crippen molar-refractivity contribution in [2.75, 3.05) is 0 Å². The molecule has 0 aliphatic heterocycles. The van der Waals surface area contributed by atoms with Crippen LogP contribution in [0.4, 0.5) is 9.59 Å². The summed E-state index contributed by atoms with van der Waals surface area (Å²) in [5, 5.41) is 2.85. The van der Waals surface area contributed by atoms with Crippen LogP contribution in [-0.2, 0) is 9.47 Å². The molecule has 128 valence electrons. The van der Waals surface area contributed by atoms with Gasteiger partial charge in [-0.25, -0.2) is 15.0 Å². The van der Waals surface area contributed by atoms with Crippen LogP contribution in [0.25, 0.3) is 0 Å². The molecule has 7 nitrogen and oxygen atoms in total. The van der Waals surface area contributed by atoms with E-state index in [1.807, 2.05) is 41.5 Å². The van der Waals surface area contributed by atoms with Crippen LogP contribution in [0.5, 0.6) is 0 Å². The third kappa shape index (κ3) is 8.07. The molecule has 1 rings (SSSR count). The van der Waals surface area contributed by atoms with Gasteiger partial charge in [-0.2, -0.15) is 0 Å². The lowest BCUT2D eigenvalue weighted by molar-refractivity contribution is 0.0474. The Morgan fingerprint density at radius 2 is 1.36 bits per heavy atom. The number of alkyl carbamates (subject to hydrolysis) is 1. The predicted octanol–water partition coefficient (Wildman–Crippen LogP) is 2.46. The summed E-state index contributed by atoms with van der Waals surface area (Å²) in [4.78, 5) is 23.2. The van der Waals surface area contributed by atoms with Crippen molar-refractivity contribution in [3.05, 3.63) is 0 Å². The summed E-state index contributed by atoms with van der Waals surface area (Å²) < 4.78 is 10.4. The molecule has 0 heterocycles. The van der Waals surface area contributed by atoms with E-state index < -0.39 is 23.4 Å². The Kier molecular flexibility index (Phi) is 6.05. The lowest BCUT2D eigenvalue weighted by atomic mass is 10.2. The quantitative estimate of drug-likeness (QED) is 0.696. The monoisotopic (exact) mass is 315 g/mol. The average Bonchev–Trinajstić information content (AvgIpc) is 2.68. The van der Waals surface area contributed by atoms with Crippen LogP contribution in [0.1, 0.15) is 60.8 Å². The molecule has 0 saturated heterocycles. The Balaban J connectivity index is 2.26. The largest absolute Gasteiger partial charge is 0.444 e. The molecular formula is C15H29N3O4. The SMILES string of the molecule is CC(C)(C)OC(=O)NNC1CCC(NC(=O)OC(C)(C)C)C1.